The summed E-state index contributed by atoms with van der Waals surface area (Å²) in [6.45, 7) is 10.6. The number of rotatable bonds is 17. The van der Waals surface area contributed by atoms with Crippen LogP contribution in [0.4, 0.5) is 0 Å². The fourth-order valence-electron chi connectivity index (χ4n) is 4.46. The molecule has 0 aliphatic carbocycles. The Kier molecular flexibility index (Phi) is 13.9. The molecule has 0 amide bonds. The van der Waals surface area contributed by atoms with E-state index in [1.165, 1.54) is 83.5 Å². The van der Waals surface area contributed by atoms with Gasteiger partial charge in [-0.15, -0.1) is 0 Å². The van der Waals surface area contributed by atoms with E-state index in [-0.39, 0.29) is 17.0 Å². The molecular weight excluding hydrogens is 358 g/mol. The van der Waals surface area contributed by atoms with Gasteiger partial charge < -0.3 is 10.1 Å². The highest BCUT2D eigenvalue weighted by Gasteiger charge is 2.47. The fraction of sp³-hybridized carbons (Fsp3) is 0.962. The van der Waals surface area contributed by atoms with Crippen molar-refractivity contribution in [1.29, 1.82) is 0 Å². The van der Waals surface area contributed by atoms with E-state index in [0.29, 0.717) is 6.42 Å². The number of carbonyl (C=O) groups is 1. The molecule has 0 aromatic rings. The van der Waals surface area contributed by atoms with E-state index < -0.39 is 0 Å². The Balaban J connectivity index is 1.91. The second-order valence-electron chi connectivity index (χ2n) is 10.3. The van der Waals surface area contributed by atoms with Gasteiger partial charge in [-0.1, -0.05) is 118 Å². The Bertz CT molecular complexity index is 407. The highest BCUT2D eigenvalue weighted by Crippen LogP contribution is 2.39. The highest BCUT2D eigenvalue weighted by molar-refractivity contribution is 5.70. The average molecular weight is 410 g/mol. The van der Waals surface area contributed by atoms with Gasteiger partial charge in [-0.25, -0.2) is 0 Å². The first-order valence-electron chi connectivity index (χ1n) is 12.8. The molecule has 0 radical (unpaired) electrons. The van der Waals surface area contributed by atoms with E-state index in [1.54, 1.807) is 0 Å². The van der Waals surface area contributed by atoms with Gasteiger partial charge in [-0.05, 0) is 13.0 Å². The van der Waals surface area contributed by atoms with Crippen LogP contribution in [0.2, 0.25) is 0 Å². The lowest BCUT2D eigenvalue weighted by molar-refractivity contribution is -0.170. The summed E-state index contributed by atoms with van der Waals surface area (Å²) in [4.78, 5) is 12.3. The van der Waals surface area contributed by atoms with Crippen molar-refractivity contribution in [3.63, 3.8) is 0 Å². The number of unbranched alkanes of at least 4 members (excludes halogenated alkanes) is 14. The van der Waals surface area contributed by atoms with Crippen LogP contribution in [0.15, 0.2) is 0 Å². The van der Waals surface area contributed by atoms with Crippen molar-refractivity contribution >= 4 is 5.97 Å². The monoisotopic (exact) mass is 409 g/mol. The van der Waals surface area contributed by atoms with E-state index in [0.717, 1.165) is 32.4 Å². The summed E-state index contributed by atoms with van der Waals surface area (Å²) in [7, 11) is 0. The second-order valence-corrected chi connectivity index (χ2v) is 10.3. The molecule has 1 saturated heterocycles. The summed E-state index contributed by atoms with van der Waals surface area (Å²) < 4.78 is 5.98. The minimum absolute atomic E-state index is 0.00156. The number of esters is 1. The summed E-state index contributed by atoms with van der Waals surface area (Å²) in [6.07, 6.45) is 21.7. The van der Waals surface area contributed by atoms with Crippen molar-refractivity contribution in [2.45, 2.75) is 142 Å². The standard InChI is InChI=1S/C26H51NO2/c1-5-6-7-8-9-10-11-12-13-14-15-16-17-18-19-20-24(28)29-26(25(2,3)4)21-22-27-23-26/h27H,5-23H2,1-4H3. The predicted octanol–water partition coefficient (Wildman–Crippen LogP) is 7.57. The Morgan fingerprint density at radius 2 is 1.24 bits per heavy atom. The third-order valence-electron chi connectivity index (χ3n) is 6.78. The van der Waals surface area contributed by atoms with Crippen LogP contribution in [0.5, 0.6) is 0 Å². The first-order chi connectivity index (χ1) is 13.9. The number of ether oxygens (including phenoxy) is 1. The number of carbonyl (C=O) groups excluding carboxylic acids is 1. The van der Waals surface area contributed by atoms with Crippen LogP contribution in [0.3, 0.4) is 0 Å². The minimum Gasteiger partial charge on any atom is -0.457 e. The van der Waals surface area contributed by atoms with Crippen LogP contribution in [-0.4, -0.2) is 24.7 Å². The highest BCUT2D eigenvalue weighted by atomic mass is 16.6. The quantitative estimate of drug-likeness (QED) is 0.199. The lowest BCUT2D eigenvalue weighted by atomic mass is 9.75. The molecule has 172 valence electrons. The number of hydrogen-bond donors (Lipinski definition) is 1. The molecule has 1 N–H and O–H groups in total. The van der Waals surface area contributed by atoms with Gasteiger partial charge in [0.1, 0.15) is 5.60 Å². The van der Waals surface area contributed by atoms with E-state index in [1.807, 2.05) is 0 Å². The number of nitrogens with one attached hydrogen (secondary N) is 1. The van der Waals surface area contributed by atoms with Crippen molar-refractivity contribution in [2.75, 3.05) is 13.1 Å². The molecule has 1 aliphatic heterocycles. The first-order valence-corrected chi connectivity index (χ1v) is 12.8. The molecule has 0 saturated carbocycles. The molecule has 1 fully saturated rings. The maximum absolute atomic E-state index is 12.3. The Morgan fingerprint density at radius 3 is 1.62 bits per heavy atom. The van der Waals surface area contributed by atoms with Crippen LogP contribution >= 0.6 is 0 Å². The normalized spacial score (nSPS) is 19.6. The molecule has 1 heterocycles. The largest absolute Gasteiger partial charge is 0.457 e. The van der Waals surface area contributed by atoms with Crippen molar-refractivity contribution in [3.8, 4) is 0 Å². The van der Waals surface area contributed by atoms with E-state index >= 15 is 0 Å². The Labute approximate surface area is 182 Å². The van der Waals surface area contributed by atoms with Crippen LogP contribution in [0.25, 0.3) is 0 Å². The zero-order valence-corrected chi connectivity index (χ0v) is 20.3. The molecule has 29 heavy (non-hydrogen) atoms. The molecule has 1 unspecified atom stereocenters. The summed E-state index contributed by atoms with van der Waals surface area (Å²) in [5.74, 6) is -0.00156. The fourth-order valence-corrected chi connectivity index (χ4v) is 4.46. The molecule has 1 atom stereocenters. The minimum atomic E-state index is -0.320. The molecule has 1 aliphatic rings. The van der Waals surface area contributed by atoms with Gasteiger partial charge in [0.05, 0.1) is 0 Å². The third kappa shape index (κ3) is 11.4. The average Bonchev–Trinajstić information content (AvgIpc) is 3.14. The molecule has 0 aromatic heterocycles. The summed E-state index contributed by atoms with van der Waals surface area (Å²) in [5.41, 5.74) is -0.333. The smallest absolute Gasteiger partial charge is 0.306 e. The van der Waals surface area contributed by atoms with Gasteiger partial charge in [-0.3, -0.25) is 4.79 Å². The van der Waals surface area contributed by atoms with Gasteiger partial charge in [0.25, 0.3) is 0 Å². The van der Waals surface area contributed by atoms with Crippen LogP contribution in [0.1, 0.15) is 137 Å². The van der Waals surface area contributed by atoms with Gasteiger partial charge in [0.2, 0.25) is 0 Å². The Hall–Kier alpha value is -0.570. The Morgan fingerprint density at radius 1 is 0.793 bits per heavy atom. The van der Waals surface area contributed by atoms with Gasteiger partial charge >= 0.3 is 5.97 Å². The van der Waals surface area contributed by atoms with Crippen molar-refractivity contribution < 1.29 is 9.53 Å². The lowest BCUT2D eigenvalue weighted by Gasteiger charge is -2.40. The molecule has 1 rings (SSSR count). The van der Waals surface area contributed by atoms with Crippen LogP contribution in [0, 0.1) is 5.41 Å². The van der Waals surface area contributed by atoms with Gasteiger partial charge in [0.15, 0.2) is 0 Å². The maximum Gasteiger partial charge on any atom is 0.306 e. The summed E-state index contributed by atoms with van der Waals surface area (Å²) in [5, 5.41) is 3.37. The van der Waals surface area contributed by atoms with Gasteiger partial charge in [0, 0.05) is 24.8 Å². The van der Waals surface area contributed by atoms with Crippen LogP contribution < -0.4 is 5.32 Å². The van der Waals surface area contributed by atoms with Crippen molar-refractivity contribution in [3.05, 3.63) is 0 Å². The maximum atomic E-state index is 12.3. The second kappa shape index (κ2) is 15.3. The van der Waals surface area contributed by atoms with E-state index in [9.17, 15) is 4.79 Å². The number of hydrogen-bond acceptors (Lipinski definition) is 3. The van der Waals surface area contributed by atoms with Crippen LogP contribution in [-0.2, 0) is 9.53 Å². The zero-order chi connectivity index (χ0) is 21.4. The molecule has 0 bridgehead atoms. The molecule has 0 spiro atoms. The molecule has 3 heteroatoms. The molecule has 0 aromatic carbocycles. The molecule has 3 nitrogen and oxygen atoms in total. The molecular formula is C26H51NO2. The topological polar surface area (TPSA) is 38.3 Å². The first kappa shape index (κ1) is 26.5. The van der Waals surface area contributed by atoms with E-state index in [4.69, 9.17) is 4.74 Å². The van der Waals surface area contributed by atoms with E-state index in [2.05, 4.69) is 33.0 Å². The van der Waals surface area contributed by atoms with Gasteiger partial charge in [-0.2, -0.15) is 0 Å². The lowest BCUT2D eigenvalue weighted by Crippen LogP contribution is -2.48. The summed E-state index contributed by atoms with van der Waals surface area (Å²) >= 11 is 0. The zero-order valence-electron chi connectivity index (χ0n) is 20.3. The third-order valence-corrected chi connectivity index (χ3v) is 6.78. The SMILES string of the molecule is CCCCCCCCCCCCCCCCCC(=O)OC1(C(C)(C)C)CCNC1. The predicted molar refractivity (Wildman–Crippen MR) is 125 cm³/mol. The van der Waals surface area contributed by atoms with Crippen molar-refractivity contribution in [2.24, 2.45) is 5.41 Å². The van der Waals surface area contributed by atoms with Crippen molar-refractivity contribution in [1.82, 2.24) is 5.32 Å². The summed E-state index contributed by atoms with van der Waals surface area (Å²) in [6, 6.07) is 0.